The Kier molecular flexibility index (Phi) is 10.4. The summed E-state index contributed by atoms with van der Waals surface area (Å²) < 4.78 is 5.90. The van der Waals surface area contributed by atoms with Gasteiger partial charge in [0.15, 0.2) is 0 Å². The maximum Gasteiger partial charge on any atom is 0.326 e. The summed E-state index contributed by atoms with van der Waals surface area (Å²) in [5.41, 5.74) is 11.1. The van der Waals surface area contributed by atoms with Crippen LogP contribution in [0.25, 0.3) is 22.2 Å². The molecular weight excluding hydrogens is 526 g/mol. The molecule has 0 saturated heterocycles. The summed E-state index contributed by atoms with van der Waals surface area (Å²) in [7, 11) is 0. The molecule has 0 aliphatic heterocycles. The van der Waals surface area contributed by atoms with Crippen LogP contribution in [0.2, 0.25) is 0 Å². The van der Waals surface area contributed by atoms with Crippen LogP contribution >= 0.6 is 0 Å². The number of aromatic amines is 1. The van der Waals surface area contributed by atoms with Crippen molar-refractivity contribution in [3.63, 3.8) is 0 Å². The van der Waals surface area contributed by atoms with Crippen LogP contribution in [0.5, 0.6) is 5.75 Å². The summed E-state index contributed by atoms with van der Waals surface area (Å²) in [5.74, 6) is 1.08. The van der Waals surface area contributed by atoms with Gasteiger partial charge in [0.1, 0.15) is 17.1 Å². The van der Waals surface area contributed by atoms with E-state index in [1.54, 1.807) is 17.2 Å². The Balaban J connectivity index is 1.75. The second-order valence-electron chi connectivity index (χ2n) is 11.2. The normalized spacial score (nSPS) is 11.3. The predicted molar refractivity (Wildman–Crippen MR) is 173 cm³/mol. The molecule has 222 valence electrons. The first-order valence-electron chi connectivity index (χ1n) is 14.9. The van der Waals surface area contributed by atoms with Crippen molar-refractivity contribution in [1.82, 2.24) is 9.97 Å². The molecule has 4 N–H and O–H groups in total. The van der Waals surface area contributed by atoms with Crippen molar-refractivity contribution in [3.05, 3.63) is 82.3 Å². The van der Waals surface area contributed by atoms with E-state index in [1.807, 2.05) is 30.3 Å². The Morgan fingerprint density at radius 1 is 1.00 bits per heavy atom. The molecule has 42 heavy (non-hydrogen) atoms. The summed E-state index contributed by atoms with van der Waals surface area (Å²) in [4.78, 5) is 35.8. The molecular formula is C34H43N5O3. The number of fused-ring (bicyclic) bond motifs is 1. The average Bonchev–Trinajstić information content (AvgIpc) is 2.97. The van der Waals surface area contributed by atoms with Crippen molar-refractivity contribution in [2.24, 2.45) is 5.73 Å². The lowest BCUT2D eigenvalue weighted by Crippen LogP contribution is -2.39. The number of nitrogens with zero attached hydrogens (tertiary/aromatic N) is 2. The fourth-order valence-electron chi connectivity index (χ4n) is 4.99. The Morgan fingerprint density at radius 2 is 1.74 bits per heavy atom. The molecule has 0 saturated carbocycles. The third-order valence-corrected chi connectivity index (χ3v) is 7.33. The maximum absolute atomic E-state index is 14.0. The fraction of sp³-hybridized carbons (Fsp3) is 0.382. The second-order valence-corrected chi connectivity index (χ2v) is 11.2. The molecule has 0 bridgehead atoms. The number of benzene rings is 2. The van der Waals surface area contributed by atoms with Crippen LogP contribution < -0.4 is 26.2 Å². The molecule has 0 aliphatic carbocycles. The van der Waals surface area contributed by atoms with Crippen LogP contribution in [0.1, 0.15) is 76.8 Å². The number of H-pyrrole nitrogens is 1. The van der Waals surface area contributed by atoms with Crippen LogP contribution in [-0.4, -0.2) is 35.7 Å². The molecule has 0 unspecified atom stereocenters. The highest BCUT2D eigenvalue weighted by molar-refractivity contribution is 6.03. The molecule has 0 atom stereocenters. The van der Waals surface area contributed by atoms with Crippen LogP contribution in [0.3, 0.4) is 0 Å². The molecule has 0 aliphatic rings. The van der Waals surface area contributed by atoms with Gasteiger partial charge in [-0.25, -0.2) is 9.78 Å². The first-order valence-corrected chi connectivity index (χ1v) is 14.9. The smallest absolute Gasteiger partial charge is 0.326 e. The molecule has 0 fully saturated rings. The summed E-state index contributed by atoms with van der Waals surface area (Å²) in [6.07, 6.45) is 4.07. The third kappa shape index (κ3) is 7.18. The summed E-state index contributed by atoms with van der Waals surface area (Å²) in [6, 6.07) is 17.5. The number of pyridine rings is 2. The quantitative estimate of drug-likeness (QED) is 0.154. The molecule has 2 aromatic carbocycles. The molecule has 4 rings (SSSR count). The van der Waals surface area contributed by atoms with Crippen LogP contribution in [-0.2, 0) is 0 Å². The highest BCUT2D eigenvalue weighted by atomic mass is 16.5. The Hall–Kier alpha value is -4.17. The minimum atomic E-state index is -0.343. The number of carbonyl (C=O) groups excluding carboxylic acids is 1. The van der Waals surface area contributed by atoms with E-state index in [2.05, 4.69) is 68.1 Å². The number of hydrogen-bond donors (Lipinski definition) is 3. The van der Waals surface area contributed by atoms with Gasteiger partial charge in [0.2, 0.25) is 0 Å². The fourth-order valence-corrected chi connectivity index (χ4v) is 4.99. The number of ether oxygens (including phenoxy) is 1. The lowest BCUT2D eigenvalue weighted by molar-refractivity contribution is 0.256. The second kappa shape index (κ2) is 14.1. The summed E-state index contributed by atoms with van der Waals surface area (Å²) in [5, 5.41) is 4.00. The minimum absolute atomic E-state index is 0.140. The highest BCUT2D eigenvalue weighted by Gasteiger charge is 2.24. The van der Waals surface area contributed by atoms with Crippen LogP contribution in [0, 0.1) is 0 Å². The van der Waals surface area contributed by atoms with E-state index in [0.29, 0.717) is 31.0 Å². The van der Waals surface area contributed by atoms with E-state index >= 15 is 0 Å². The number of urea groups is 1. The summed E-state index contributed by atoms with van der Waals surface area (Å²) in [6.45, 7) is 12.1. The van der Waals surface area contributed by atoms with Gasteiger partial charge in [0, 0.05) is 23.8 Å². The number of amides is 2. The molecule has 8 heteroatoms. The van der Waals surface area contributed by atoms with Crippen molar-refractivity contribution in [2.45, 2.75) is 65.7 Å². The van der Waals surface area contributed by atoms with Crippen molar-refractivity contribution in [3.8, 4) is 16.9 Å². The van der Waals surface area contributed by atoms with Gasteiger partial charge in [0.05, 0.1) is 6.61 Å². The average molecular weight is 570 g/mol. The molecule has 8 nitrogen and oxygen atoms in total. The molecule has 4 aromatic rings. The number of unbranched alkanes of at least 4 members (excludes halogenated alkanes) is 1. The zero-order valence-electron chi connectivity index (χ0n) is 25.4. The number of nitrogens with one attached hydrogen (secondary N) is 2. The number of anilines is 2. The molecule has 0 spiro atoms. The van der Waals surface area contributed by atoms with Gasteiger partial charge in [-0.15, -0.1) is 0 Å². The number of nitrogens with two attached hydrogens (primary N) is 1. The predicted octanol–water partition coefficient (Wildman–Crippen LogP) is 7.40. The van der Waals surface area contributed by atoms with E-state index in [-0.39, 0.29) is 23.4 Å². The van der Waals surface area contributed by atoms with Crippen molar-refractivity contribution in [2.75, 3.05) is 29.9 Å². The van der Waals surface area contributed by atoms with E-state index < -0.39 is 0 Å². The van der Waals surface area contributed by atoms with Gasteiger partial charge in [-0.05, 0) is 95.9 Å². The monoisotopic (exact) mass is 569 g/mol. The minimum Gasteiger partial charge on any atom is -0.494 e. The standard InChI is InChI=1S/C34H43N5O3/c1-6-7-16-39(30-21-25-12-9-15-36-32(25)38-33(30)40)34(41)37-31-28(22(2)3)19-26(20-29(31)23(4)5)24-11-8-13-27(18-24)42-17-10-14-35/h8-9,11-13,15,18-23H,6-7,10,14,16-17,35H2,1-5H3,(H,37,41)(H,36,38,40). The van der Waals surface area contributed by atoms with E-state index in [4.69, 9.17) is 10.5 Å². The maximum atomic E-state index is 14.0. The summed E-state index contributed by atoms with van der Waals surface area (Å²) >= 11 is 0. The number of rotatable bonds is 12. The first kappa shape index (κ1) is 30.8. The van der Waals surface area contributed by atoms with Gasteiger partial charge in [-0.3, -0.25) is 9.69 Å². The van der Waals surface area contributed by atoms with E-state index in [1.165, 1.54) is 0 Å². The lowest BCUT2D eigenvalue weighted by Gasteiger charge is -2.27. The molecule has 2 heterocycles. The Bertz CT molecular complexity index is 1550. The topological polar surface area (TPSA) is 113 Å². The van der Waals surface area contributed by atoms with Crippen LogP contribution in [0.15, 0.2) is 65.6 Å². The lowest BCUT2D eigenvalue weighted by atomic mass is 9.88. The zero-order valence-corrected chi connectivity index (χ0v) is 25.4. The largest absolute Gasteiger partial charge is 0.494 e. The van der Waals surface area contributed by atoms with Gasteiger partial charge in [-0.2, -0.15) is 0 Å². The number of hydrogen-bond acceptors (Lipinski definition) is 5. The third-order valence-electron chi connectivity index (χ3n) is 7.33. The Labute approximate surface area is 248 Å². The van der Waals surface area contributed by atoms with Crippen molar-refractivity contribution < 1.29 is 9.53 Å². The molecule has 0 radical (unpaired) electrons. The van der Waals surface area contributed by atoms with E-state index in [0.717, 1.165) is 58.3 Å². The van der Waals surface area contributed by atoms with Crippen molar-refractivity contribution in [1.29, 1.82) is 0 Å². The van der Waals surface area contributed by atoms with Gasteiger partial charge >= 0.3 is 6.03 Å². The number of carbonyl (C=O) groups is 1. The molecule has 2 amide bonds. The van der Waals surface area contributed by atoms with Gasteiger partial charge in [0.25, 0.3) is 5.56 Å². The Morgan fingerprint density at radius 3 is 2.40 bits per heavy atom. The zero-order chi connectivity index (χ0) is 30.2. The van der Waals surface area contributed by atoms with Gasteiger partial charge < -0.3 is 20.8 Å². The first-order chi connectivity index (χ1) is 20.2. The highest BCUT2D eigenvalue weighted by Crippen LogP contribution is 2.38. The van der Waals surface area contributed by atoms with E-state index in [9.17, 15) is 9.59 Å². The molecule has 2 aromatic heterocycles. The van der Waals surface area contributed by atoms with Crippen molar-refractivity contribution >= 4 is 28.4 Å². The number of aromatic nitrogens is 2. The SMILES string of the molecule is CCCCN(C(=O)Nc1c(C(C)C)cc(-c2cccc(OCCCN)c2)cc1C(C)C)c1cc2cccnc2[nH]c1=O. The van der Waals surface area contributed by atoms with Crippen LogP contribution in [0.4, 0.5) is 16.2 Å². The van der Waals surface area contributed by atoms with Gasteiger partial charge in [-0.1, -0.05) is 53.2 Å².